The maximum atomic E-state index is 11.5. The summed E-state index contributed by atoms with van der Waals surface area (Å²) in [5.74, 6) is 0.840. The van der Waals surface area contributed by atoms with Crippen molar-refractivity contribution in [3.8, 4) is 0 Å². The molecule has 0 aliphatic carbocycles. The number of benzene rings is 1. The number of carbonyl (C=O) groups is 1. The van der Waals surface area contributed by atoms with Gasteiger partial charge in [0.1, 0.15) is 16.9 Å². The van der Waals surface area contributed by atoms with Crippen LogP contribution in [0.4, 0.5) is 0 Å². The van der Waals surface area contributed by atoms with Gasteiger partial charge in [-0.05, 0) is 56.5 Å². The molecule has 1 aliphatic heterocycles. The number of unbranched alkanes of at least 4 members (excludes halogenated alkanes) is 1. The number of fused-ring (bicyclic) bond motifs is 1. The van der Waals surface area contributed by atoms with E-state index in [1.807, 2.05) is 6.07 Å². The zero-order valence-electron chi connectivity index (χ0n) is 14.0. The maximum absolute atomic E-state index is 11.5. The zero-order chi connectivity index (χ0) is 17.1. The van der Waals surface area contributed by atoms with Crippen molar-refractivity contribution in [3.05, 3.63) is 34.5 Å². The molecule has 2 heterocycles. The molecular formula is C19H24ClNO3. The van der Waals surface area contributed by atoms with Crippen molar-refractivity contribution < 1.29 is 14.3 Å². The van der Waals surface area contributed by atoms with Crippen LogP contribution in [0.25, 0.3) is 11.0 Å². The quantitative estimate of drug-likeness (QED) is 0.765. The second kappa shape index (κ2) is 7.58. The lowest BCUT2D eigenvalue weighted by Gasteiger charge is -2.29. The van der Waals surface area contributed by atoms with Crippen LogP contribution in [0.5, 0.6) is 0 Å². The van der Waals surface area contributed by atoms with Gasteiger partial charge in [-0.3, -0.25) is 0 Å². The van der Waals surface area contributed by atoms with Gasteiger partial charge in [-0.2, -0.15) is 0 Å². The number of piperidine rings is 1. The summed E-state index contributed by atoms with van der Waals surface area (Å²) in [6.45, 7) is 4.28. The molecule has 1 atom stereocenters. The number of halogens is 1. The van der Waals surface area contributed by atoms with Crippen LogP contribution in [0, 0.1) is 5.92 Å². The lowest BCUT2D eigenvalue weighted by molar-refractivity contribution is 0.0697. The fourth-order valence-electron chi connectivity index (χ4n) is 3.76. The number of hydrogen-bond acceptors (Lipinski definition) is 3. The summed E-state index contributed by atoms with van der Waals surface area (Å²) in [5, 5.41) is 14.0. The highest BCUT2D eigenvalue weighted by molar-refractivity contribution is 6.32. The molecule has 1 aromatic heterocycles. The van der Waals surface area contributed by atoms with Crippen LogP contribution in [0.1, 0.15) is 61.1 Å². The van der Waals surface area contributed by atoms with Gasteiger partial charge in [-0.25, -0.2) is 4.79 Å². The number of hydrogen-bond donors (Lipinski definition) is 2. The van der Waals surface area contributed by atoms with Crippen LogP contribution < -0.4 is 5.32 Å². The molecule has 1 aromatic carbocycles. The molecule has 1 unspecified atom stereocenters. The topological polar surface area (TPSA) is 62.5 Å². The monoisotopic (exact) mass is 349 g/mol. The van der Waals surface area contributed by atoms with Crippen LogP contribution in [-0.2, 0) is 0 Å². The Kier molecular flexibility index (Phi) is 5.47. The summed E-state index contributed by atoms with van der Waals surface area (Å²) in [7, 11) is 0. The van der Waals surface area contributed by atoms with Crippen LogP contribution in [0.3, 0.4) is 0 Å². The second-order valence-corrected chi connectivity index (χ2v) is 7.10. The maximum Gasteiger partial charge on any atom is 0.339 e. The fourth-order valence-corrected chi connectivity index (χ4v) is 3.99. The number of carboxylic acid groups (broad SMARTS) is 1. The first-order chi connectivity index (χ1) is 11.6. The summed E-state index contributed by atoms with van der Waals surface area (Å²) in [6.07, 6.45) is 5.65. The van der Waals surface area contributed by atoms with Crippen LogP contribution >= 0.6 is 11.6 Å². The minimum Gasteiger partial charge on any atom is -0.478 e. The molecule has 0 radical (unpaired) electrons. The van der Waals surface area contributed by atoms with Gasteiger partial charge in [-0.15, -0.1) is 0 Å². The highest BCUT2D eigenvalue weighted by Gasteiger charge is 2.28. The third-order valence-electron chi connectivity index (χ3n) is 5.02. The van der Waals surface area contributed by atoms with E-state index in [1.165, 1.54) is 6.07 Å². The van der Waals surface area contributed by atoms with Crippen LogP contribution in [0.15, 0.2) is 22.6 Å². The number of rotatable bonds is 6. The largest absolute Gasteiger partial charge is 0.478 e. The molecular weight excluding hydrogens is 326 g/mol. The smallest absolute Gasteiger partial charge is 0.339 e. The third kappa shape index (κ3) is 3.60. The van der Waals surface area contributed by atoms with Crippen molar-refractivity contribution in [1.29, 1.82) is 0 Å². The molecule has 2 N–H and O–H groups in total. The Bertz CT molecular complexity index is 719. The lowest BCUT2D eigenvalue weighted by atomic mass is 9.80. The Labute approximate surface area is 147 Å². The number of carboxylic acids is 1. The van der Waals surface area contributed by atoms with Crippen molar-refractivity contribution in [3.63, 3.8) is 0 Å². The van der Waals surface area contributed by atoms with E-state index in [0.717, 1.165) is 56.3 Å². The summed E-state index contributed by atoms with van der Waals surface area (Å²) < 4.78 is 6.07. The molecule has 0 bridgehead atoms. The van der Waals surface area contributed by atoms with E-state index in [2.05, 4.69) is 12.2 Å². The summed E-state index contributed by atoms with van der Waals surface area (Å²) in [4.78, 5) is 11.5. The Morgan fingerprint density at radius 3 is 2.79 bits per heavy atom. The summed E-state index contributed by atoms with van der Waals surface area (Å²) in [6, 6.07) is 5.25. The summed E-state index contributed by atoms with van der Waals surface area (Å²) in [5.41, 5.74) is 0.584. The fraction of sp³-hybridized carbons (Fsp3) is 0.526. The number of furan rings is 1. The first-order valence-corrected chi connectivity index (χ1v) is 9.15. The molecule has 0 saturated carbocycles. The van der Waals surface area contributed by atoms with Gasteiger partial charge in [0.25, 0.3) is 0 Å². The van der Waals surface area contributed by atoms with Crippen molar-refractivity contribution in [2.24, 2.45) is 5.92 Å². The van der Waals surface area contributed by atoms with E-state index in [-0.39, 0.29) is 5.56 Å². The van der Waals surface area contributed by atoms with Gasteiger partial charge in [-0.1, -0.05) is 31.4 Å². The van der Waals surface area contributed by atoms with E-state index in [4.69, 9.17) is 16.0 Å². The van der Waals surface area contributed by atoms with Crippen molar-refractivity contribution >= 4 is 28.5 Å². The molecule has 5 heteroatoms. The molecule has 130 valence electrons. The zero-order valence-corrected chi connectivity index (χ0v) is 14.7. The number of nitrogens with one attached hydrogen (secondary N) is 1. The highest BCUT2D eigenvalue weighted by Crippen LogP contribution is 2.39. The highest BCUT2D eigenvalue weighted by atomic mass is 35.5. The Morgan fingerprint density at radius 2 is 2.12 bits per heavy atom. The van der Waals surface area contributed by atoms with E-state index in [9.17, 15) is 9.90 Å². The normalized spacial score (nSPS) is 17.2. The minimum atomic E-state index is -1.00. The second-order valence-electron chi connectivity index (χ2n) is 6.66. The third-order valence-corrected chi connectivity index (χ3v) is 5.24. The SMILES string of the molecule is CCCCC(c1cc2cc(Cl)cc(C(=O)O)c2o1)C1CCNCC1. The Balaban J connectivity index is 2.00. The Hall–Kier alpha value is -1.52. The molecule has 2 aromatic rings. The van der Waals surface area contributed by atoms with Gasteiger partial charge >= 0.3 is 5.97 Å². The predicted octanol–water partition coefficient (Wildman–Crippen LogP) is 5.06. The standard InChI is InChI=1S/C19H24ClNO3/c1-2-3-4-15(12-5-7-21-8-6-12)17-10-13-9-14(20)11-16(19(22)23)18(13)24-17/h9-12,15,21H,2-8H2,1H3,(H,22,23). The molecule has 1 aliphatic rings. The first-order valence-electron chi connectivity index (χ1n) is 8.77. The van der Waals surface area contributed by atoms with E-state index in [1.54, 1.807) is 6.07 Å². The molecule has 1 fully saturated rings. The van der Waals surface area contributed by atoms with Gasteiger partial charge < -0.3 is 14.8 Å². The van der Waals surface area contributed by atoms with Crippen molar-refractivity contribution in [2.45, 2.75) is 44.9 Å². The average Bonchev–Trinajstić information content (AvgIpc) is 2.98. The van der Waals surface area contributed by atoms with Gasteiger partial charge in [0.2, 0.25) is 0 Å². The van der Waals surface area contributed by atoms with Gasteiger partial charge in [0, 0.05) is 16.3 Å². The molecule has 1 saturated heterocycles. The molecule has 0 amide bonds. The van der Waals surface area contributed by atoms with Gasteiger partial charge in [0.05, 0.1) is 0 Å². The van der Waals surface area contributed by atoms with Crippen LogP contribution in [-0.4, -0.2) is 24.2 Å². The molecule has 3 rings (SSSR count). The lowest BCUT2D eigenvalue weighted by Crippen LogP contribution is -2.30. The minimum absolute atomic E-state index is 0.142. The van der Waals surface area contributed by atoms with E-state index in [0.29, 0.717) is 22.4 Å². The number of aromatic carboxylic acids is 1. The summed E-state index contributed by atoms with van der Waals surface area (Å²) >= 11 is 6.08. The predicted molar refractivity (Wildman–Crippen MR) is 96.0 cm³/mol. The van der Waals surface area contributed by atoms with E-state index >= 15 is 0 Å². The Morgan fingerprint density at radius 1 is 1.38 bits per heavy atom. The average molecular weight is 350 g/mol. The molecule has 4 nitrogen and oxygen atoms in total. The van der Waals surface area contributed by atoms with Crippen molar-refractivity contribution in [2.75, 3.05) is 13.1 Å². The first kappa shape index (κ1) is 17.3. The molecule has 0 spiro atoms. The van der Waals surface area contributed by atoms with E-state index < -0.39 is 5.97 Å². The molecule has 24 heavy (non-hydrogen) atoms. The van der Waals surface area contributed by atoms with Crippen molar-refractivity contribution in [1.82, 2.24) is 5.32 Å². The van der Waals surface area contributed by atoms with Crippen LogP contribution in [0.2, 0.25) is 5.02 Å². The van der Waals surface area contributed by atoms with Gasteiger partial charge in [0.15, 0.2) is 0 Å².